The molecular formula is C31H43N7O3. The molecule has 5 heterocycles. The zero-order chi connectivity index (χ0) is 28.3. The molecule has 0 saturated carbocycles. The van der Waals surface area contributed by atoms with Crippen LogP contribution in [0.3, 0.4) is 0 Å². The molecular weight excluding hydrogens is 518 g/mol. The zero-order valence-electron chi connectivity index (χ0n) is 24.6. The van der Waals surface area contributed by atoms with Crippen molar-refractivity contribution >= 4 is 22.5 Å². The summed E-state index contributed by atoms with van der Waals surface area (Å²) < 4.78 is 17.8. The van der Waals surface area contributed by atoms with Gasteiger partial charge in [0.25, 0.3) is 0 Å². The van der Waals surface area contributed by atoms with Gasteiger partial charge in [0.1, 0.15) is 28.6 Å². The van der Waals surface area contributed by atoms with Crippen LogP contribution in [0.5, 0.6) is 11.6 Å². The Balaban J connectivity index is 1.26. The summed E-state index contributed by atoms with van der Waals surface area (Å²) in [4.78, 5) is 21.9. The highest BCUT2D eigenvalue weighted by Crippen LogP contribution is 2.38. The van der Waals surface area contributed by atoms with Crippen molar-refractivity contribution in [2.24, 2.45) is 0 Å². The van der Waals surface area contributed by atoms with Gasteiger partial charge in [0.2, 0.25) is 5.88 Å². The summed E-state index contributed by atoms with van der Waals surface area (Å²) in [5, 5.41) is 0. The van der Waals surface area contributed by atoms with Gasteiger partial charge in [0.05, 0.1) is 26.0 Å². The number of nitrogens with zero attached hydrogens (tertiary/aromatic N) is 6. The fourth-order valence-electron chi connectivity index (χ4n) is 6.33. The minimum absolute atomic E-state index is 0.0724. The Morgan fingerprint density at radius 1 is 0.976 bits per heavy atom. The number of nitrogen functional groups attached to an aromatic ring is 1. The van der Waals surface area contributed by atoms with E-state index >= 15 is 0 Å². The van der Waals surface area contributed by atoms with Crippen molar-refractivity contribution in [2.45, 2.75) is 51.2 Å². The SMILES string of the molecule is CCc1nc2c(N)ncc(-c3ccc(N4CCC(N5CCN(C)CC5)CC4)c(OC)c3)c2nc1OC1CCOCC1. The van der Waals surface area contributed by atoms with Crippen molar-refractivity contribution in [3.05, 3.63) is 30.1 Å². The second kappa shape index (κ2) is 12.3. The highest BCUT2D eigenvalue weighted by molar-refractivity contribution is 5.97. The van der Waals surface area contributed by atoms with Crippen LogP contribution in [0.1, 0.15) is 38.3 Å². The van der Waals surface area contributed by atoms with Gasteiger partial charge in [0, 0.05) is 69.9 Å². The van der Waals surface area contributed by atoms with Gasteiger partial charge in [-0.05, 0) is 44.0 Å². The number of pyridine rings is 1. The van der Waals surface area contributed by atoms with Crippen LogP contribution in [0, 0.1) is 0 Å². The fourth-order valence-corrected chi connectivity index (χ4v) is 6.33. The summed E-state index contributed by atoms with van der Waals surface area (Å²) >= 11 is 0. The standard InChI is InChI=1S/C31H43N7O3/c1-4-25-31(41-23-9-17-40-18-10-23)35-28-24(20-33-30(32)29(28)34-25)21-5-6-26(27(19-21)39-3)38-11-7-22(8-12-38)37-15-13-36(2)14-16-37/h5-6,19-20,22-23H,4,7-18H2,1-3H3,(H2,32,33). The van der Waals surface area contributed by atoms with Crippen LogP contribution >= 0.6 is 0 Å². The lowest BCUT2D eigenvalue weighted by Crippen LogP contribution is -2.52. The number of anilines is 2. The third-order valence-electron chi connectivity index (χ3n) is 8.89. The van der Waals surface area contributed by atoms with E-state index in [1.54, 1.807) is 13.3 Å². The van der Waals surface area contributed by atoms with Crippen molar-refractivity contribution < 1.29 is 14.2 Å². The topological polar surface area (TPSA) is 102 Å². The molecule has 3 aliphatic rings. The normalized spacial score (nSPS) is 20.0. The quantitative estimate of drug-likeness (QED) is 0.460. The summed E-state index contributed by atoms with van der Waals surface area (Å²) in [6.07, 6.45) is 6.59. The minimum atomic E-state index is 0.0724. The molecule has 0 spiro atoms. The Hall–Kier alpha value is -3.21. The lowest BCUT2D eigenvalue weighted by Gasteiger charge is -2.42. The number of piperazine rings is 1. The number of piperidine rings is 1. The maximum Gasteiger partial charge on any atom is 0.236 e. The van der Waals surface area contributed by atoms with E-state index in [9.17, 15) is 0 Å². The maximum absolute atomic E-state index is 6.37. The Labute approximate surface area is 242 Å². The van der Waals surface area contributed by atoms with E-state index in [1.807, 2.05) is 0 Å². The molecule has 3 saturated heterocycles. The van der Waals surface area contributed by atoms with Crippen molar-refractivity contribution in [1.29, 1.82) is 0 Å². The Morgan fingerprint density at radius 3 is 2.44 bits per heavy atom. The van der Waals surface area contributed by atoms with Gasteiger partial charge in [-0.3, -0.25) is 4.90 Å². The molecule has 0 unspecified atom stereocenters. The van der Waals surface area contributed by atoms with Crippen LogP contribution in [-0.2, 0) is 11.2 Å². The van der Waals surface area contributed by atoms with Crippen molar-refractivity contribution in [3.8, 4) is 22.8 Å². The van der Waals surface area contributed by atoms with E-state index in [0.29, 0.717) is 48.4 Å². The van der Waals surface area contributed by atoms with Gasteiger partial charge in [0.15, 0.2) is 5.82 Å². The minimum Gasteiger partial charge on any atom is -0.495 e. The van der Waals surface area contributed by atoms with E-state index in [-0.39, 0.29) is 6.10 Å². The van der Waals surface area contributed by atoms with E-state index in [2.05, 4.69) is 51.9 Å². The number of hydrogen-bond acceptors (Lipinski definition) is 10. The number of nitrogens with two attached hydrogens (primary N) is 1. The third kappa shape index (κ3) is 5.91. The molecule has 1 aromatic carbocycles. The highest BCUT2D eigenvalue weighted by atomic mass is 16.5. The number of aromatic nitrogens is 3. The number of benzene rings is 1. The smallest absolute Gasteiger partial charge is 0.236 e. The molecule has 3 aliphatic heterocycles. The molecule has 220 valence electrons. The van der Waals surface area contributed by atoms with Gasteiger partial charge in [-0.1, -0.05) is 13.0 Å². The predicted octanol–water partition coefficient (Wildman–Crippen LogP) is 3.62. The monoisotopic (exact) mass is 561 g/mol. The van der Waals surface area contributed by atoms with E-state index in [0.717, 1.165) is 67.3 Å². The van der Waals surface area contributed by atoms with Crippen molar-refractivity contribution in [1.82, 2.24) is 24.8 Å². The lowest BCUT2D eigenvalue weighted by atomic mass is 10.00. The van der Waals surface area contributed by atoms with Crippen LogP contribution in [0.2, 0.25) is 0 Å². The van der Waals surface area contributed by atoms with Crippen molar-refractivity contribution in [3.63, 3.8) is 0 Å². The number of aryl methyl sites for hydroxylation is 1. The molecule has 6 rings (SSSR count). The Kier molecular flexibility index (Phi) is 8.41. The van der Waals surface area contributed by atoms with E-state index in [1.165, 1.54) is 25.9 Å². The number of fused-ring (bicyclic) bond motifs is 1. The van der Waals surface area contributed by atoms with Gasteiger partial charge < -0.3 is 29.7 Å². The zero-order valence-corrected chi connectivity index (χ0v) is 24.6. The molecule has 2 N–H and O–H groups in total. The van der Waals surface area contributed by atoms with Crippen molar-refractivity contribution in [2.75, 3.05) is 77.3 Å². The first-order valence-electron chi connectivity index (χ1n) is 15.1. The number of hydrogen-bond donors (Lipinski definition) is 1. The summed E-state index contributed by atoms with van der Waals surface area (Å²) in [6.45, 7) is 10.2. The first-order valence-corrected chi connectivity index (χ1v) is 15.1. The van der Waals surface area contributed by atoms with Gasteiger partial charge in [-0.25, -0.2) is 15.0 Å². The summed E-state index contributed by atoms with van der Waals surface area (Å²) in [5.74, 6) is 1.79. The Bertz CT molecular complexity index is 1350. The van der Waals surface area contributed by atoms with E-state index < -0.39 is 0 Å². The van der Waals surface area contributed by atoms with Gasteiger partial charge >= 0.3 is 0 Å². The number of likely N-dealkylation sites (N-methyl/N-ethyl adjacent to an activating group) is 1. The fraction of sp³-hybridized carbons (Fsp3) is 0.581. The van der Waals surface area contributed by atoms with Gasteiger partial charge in [-0.15, -0.1) is 0 Å². The van der Waals surface area contributed by atoms with Crippen LogP contribution in [0.4, 0.5) is 11.5 Å². The highest BCUT2D eigenvalue weighted by Gasteiger charge is 2.28. The molecule has 10 nitrogen and oxygen atoms in total. The third-order valence-corrected chi connectivity index (χ3v) is 8.89. The molecule has 0 bridgehead atoms. The summed E-state index contributed by atoms with van der Waals surface area (Å²) in [6, 6.07) is 7.05. The number of methoxy groups -OCH3 is 1. The lowest BCUT2D eigenvalue weighted by molar-refractivity contribution is 0.0233. The van der Waals surface area contributed by atoms with E-state index in [4.69, 9.17) is 29.9 Å². The molecule has 2 aromatic heterocycles. The predicted molar refractivity (Wildman–Crippen MR) is 162 cm³/mol. The Morgan fingerprint density at radius 2 is 1.73 bits per heavy atom. The van der Waals surface area contributed by atoms with Gasteiger partial charge in [-0.2, -0.15) is 0 Å². The van der Waals surface area contributed by atoms with Crippen LogP contribution in [0.15, 0.2) is 24.4 Å². The summed E-state index contributed by atoms with van der Waals surface area (Å²) in [5.41, 5.74) is 11.3. The molecule has 41 heavy (non-hydrogen) atoms. The average molecular weight is 562 g/mol. The van der Waals surface area contributed by atoms with Crippen LogP contribution < -0.4 is 20.1 Å². The average Bonchev–Trinajstić information content (AvgIpc) is 3.02. The van der Waals surface area contributed by atoms with Crippen LogP contribution in [0.25, 0.3) is 22.2 Å². The van der Waals surface area contributed by atoms with Crippen LogP contribution in [-0.4, -0.2) is 104 Å². The second-order valence-electron chi connectivity index (χ2n) is 11.5. The molecule has 0 atom stereocenters. The number of rotatable bonds is 7. The molecule has 3 aromatic rings. The molecule has 10 heteroatoms. The second-order valence-corrected chi connectivity index (χ2v) is 11.5. The first kappa shape index (κ1) is 27.9. The first-order chi connectivity index (χ1) is 20.0. The molecule has 0 aliphatic carbocycles. The number of ether oxygens (including phenoxy) is 3. The molecule has 0 radical (unpaired) electrons. The molecule has 3 fully saturated rings. The largest absolute Gasteiger partial charge is 0.495 e. The molecule has 0 amide bonds. The maximum atomic E-state index is 6.37. The summed E-state index contributed by atoms with van der Waals surface area (Å²) in [7, 11) is 3.96.